The Hall–Kier alpha value is -1.92. The van der Waals surface area contributed by atoms with Gasteiger partial charge < -0.3 is 10.2 Å². The van der Waals surface area contributed by atoms with Crippen LogP contribution in [0.1, 0.15) is 0 Å². The number of aromatic nitrogens is 1. The Morgan fingerprint density at radius 2 is 2.04 bits per heavy atom. The maximum atomic E-state index is 12.2. The van der Waals surface area contributed by atoms with Crippen LogP contribution in [0.5, 0.6) is 0 Å². The molecule has 3 N–H and O–H groups in total. The van der Waals surface area contributed by atoms with Crippen LogP contribution in [0, 0.1) is 0 Å². The molecule has 3 rings (SSSR count). The molecule has 1 aromatic carbocycles. The summed E-state index contributed by atoms with van der Waals surface area (Å²) in [5, 5.41) is 2.96. The van der Waals surface area contributed by atoms with Gasteiger partial charge in [-0.2, -0.15) is 0 Å². The van der Waals surface area contributed by atoms with Crippen molar-refractivity contribution in [2.75, 3.05) is 42.9 Å². The lowest BCUT2D eigenvalue weighted by molar-refractivity contribution is -0.892. The number of anilines is 2. The minimum Gasteiger partial charge on any atom is -0.321 e. The molecule has 1 amide bonds. The van der Waals surface area contributed by atoms with E-state index in [9.17, 15) is 4.79 Å². The second kappa shape index (κ2) is 7.57. The highest BCUT2D eigenvalue weighted by atomic mass is 79.9. The van der Waals surface area contributed by atoms with E-state index in [1.807, 2.05) is 42.6 Å². The van der Waals surface area contributed by atoms with Gasteiger partial charge in [0.1, 0.15) is 26.2 Å². The molecule has 1 saturated heterocycles. The van der Waals surface area contributed by atoms with Crippen molar-refractivity contribution < 1.29 is 14.7 Å². The number of carbonyl (C=O) groups excluding carboxylic acids is 1. The Morgan fingerprint density at radius 3 is 2.74 bits per heavy atom. The third-order valence-electron chi connectivity index (χ3n) is 4.02. The fraction of sp³-hybridized carbons (Fsp3) is 0.294. The average molecular weight is 377 g/mol. The topological polar surface area (TPSA) is 50.9 Å². The van der Waals surface area contributed by atoms with Crippen LogP contribution < -0.4 is 20.1 Å². The molecule has 6 heteroatoms. The van der Waals surface area contributed by atoms with Gasteiger partial charge in [-0.25, -0.2) is 4.98 Å². The fourth-order valence-corrected chi connectivity index (χ4v) is 3.22. The molecule has 2 heterocycles. The molecule has 1 aromatic heterocycles. The summed E-state index contributed by atoms with van der Waals surface area (Å²) in [7, 11) is 0. The Labute approximate surface area is 144 Å². The number of quaternary nitrogens is 1. The molecule has 120 valence electrons. The van der Waals surface area contributed by atoms with E-state index in [1.165, 1.54) is 4.90 Å². The number of carbonyl (C=O) groups is 1. The maximum absolute atomic E-state index is 12.2. The first-order valence-corrected chi connectivity index (χ1v) is 8.61. The van der Waals surface area contributed by atoms with Crippen LogP contribution >= 0.6 is 15.9 Å². The quantitative estimate of drug-likeness (QED) is 0.821. The predicted molar refractivity (Wildman–Crippen MR) is 93.5 cm³/mol. The number of hydrogen-bond acceptors (Lipinski definition) is 2. The molecular formula is C17H21BrN4O+2. The summed E-state index contributed by atoms with van der Waals surface area (Å²) in [6.45, 7) is 4.36. The minimum atomic E-state index is 0.0674. The Kier molecular flexibility index (Phi) is 5.25. The Bertz CT molecular complexity index is 657. The van der Waals surface area contributed by atoms with Gasteiger partial charge in [-0.15, -0.1) is 0 Å². The van der Waals surface area contributed by atoms with Crippen molar-refractivity contribution in [2.24, 2.45) is 0 Å². The van der Waals surface area contributed by atoms with Crippen LogP contribution in [0.15, 0.2) is 53.1 Å². The summed E-state index contributed by atoms with van der Waals surface area (Å²) in [6, 6.07) is 13.8. The number of nitrogens with zero attached hydrogens (tertiary/aromatic N) is 1. The van der Waals surface area contributed by atoms with Gasteiger partial charge in [0.2, 0.25) is 0 Å². The van der Waals surface area contributed by atoms with Gasteiger partial charge in [0.05, 0.1) is 6.20 Å². The first-order chi connectivity index (χ1) is 11.2. The van der Waals surface area contributed by atoms with E-state index in [-0.39, 0.29) is 5.91 Å². The normalized spacial score (nSPS) is 15.4. The molecule has 0 aliphatic carbocycles. The number of rotatable bonds is 4. The summed E-state index contributed by atoms with van der Waals surface area (Å²) in [4.78, 5) is 19.1. The van der Waals surface area contributed by atoms with Crippen molar-refractivity contribution in [2.45, 2.75) is 0 Å². The summed E-state index contributed by atoms with van der Waals surface area (Å²) in [5.74, 6) is 1.21. The maximum Gasteiger partial charge on any atom is 0.279 e. The number of H-pyrrole nitrogens is 1. The number of piperazine rings is 1. The number of halogens is 1. The number of nitrogens with one attached hydrogen (secondary N) is 3. The number of aromatic amines is 1. The molecule has 0 saturated carbocycles. The summed E-state index contributed by atoms with van der Waals surface area (Å²) in [5.41, 5.74) is 0.835. The van der Waals surface area contributed by atoms with Crippen molar-refractivity contribution in [1.29, 1.82) is 0 Å². The monoisotopic (exact) mass is 376 g/mol. The zero-order chi connectivity index (χ0) is 16.1. The minimum absolute atomic E-state index is 0.0674. The largest absolute Gasteiger partial charge is 0.321 e. The summed E-state index contributed by atoms with van der Waals surface area (Å²) < 4.78 is 0.968. The Balaban J connectivity index is 1.48. The highest BCUT2D eigenvalue weighted by Gasteiger charge is 2.27. The highest BCUT2D eigenvalue weighted by Crippen LogP contribution is 2.15. The van der Waals surface area contributed by atoms with E-state index in [2.05, 4.69) is 37.2 Å². The lowest BCUT2D eigenvalue weighted by Crippen LogP contribution is -3.15. The lowest BCUT2D eigenvalue weighted by Gasteiger charge is -2.27. The van der Waals surface area contributed by atoms with E-state index in [0.29, 0.717) is 6.54 Å². The van der Waals surface area contributed by atoms with Crippen LogP contribution in [0.3, 0.4) is 0 Å². The number of benzene rings is 1. The number of pyridine rings is 1. The molecule has 1 aliphatic rings. The first-order valence-electron chi connectivity index (χ1n) is 7.81. The summed E-state index contributed by atoms with van der Waals surface area (Å²) >= 11 is 3.41. The molecule has 0 bridgehead atoms. The van der Waals surface area contributed by atoms with E-state index < -0.39 is 0 Å². The number of amides is 1. The average Bonchev–Trinajstić information content (AvgIpc) is 2.56. The lowest BCUT2D eigenvalue weighted by atomic mass is 10.3. The van der Waals surface area contributed by atoms with Crippen molar-refractivity contribution in [3.8, 4) is 0 Å². The van der Waals surface area contributed by atoms with Gasteiger partial charge in [0.25, 0.3) is 11.7 Å². The van der Waals surface area contributed by atoms with Gasteiger partial charge in [-0.1, -0.05) is 28.1 Å². The van der Waals surface area contributed by atoms with Crippen LogP contribution in [0.4, 0.5) is 11.5 Å². The van der Waals surface area contributed by atoms with Gasteiger partial charge in [0.15, 0.2) is 6.54 Å². The highest BCUT2D eigenvalue weighted by molar-refractivity contribution is 9.10. The molecule has 1 fully saturated rings. The molecule has 23 heavy (non-hydrogen) atoms. The second-order valence-corrected chi connectivity index (χ2v) is 6.64. The fourth-order valence-electron chi connectivity index (χ4n) is 2.82. The van der Waals surface area contributed by atoms with E-state index in [1.54, 1.807) is 0 Å². The molecule has 0 radical (unpaired) electrons. The molecule has 2 aromatic rings. The molecule has 0 atom stereocenters. The van der Waals surface area contributed by atoms with Crippen LogP contribution in [-0.4, -0.2) is 38.6 Å². The zero-order valence-electron chi connectivity index (χ0n) is 12.9. The molecular weight excluding hydrogens is 356 g/mol. The summed E-state index contributed by atoms with van der Waals surface area (Å²) in [6.07, 6.45) is 1.94. The molecule has 5 nitrogen and oxygen atoms in total. The van der Waals surface area contributed by atoms with Gasteiger partial charge in [0, 0.05) is 16.2 Å². The Morgan fingerprint density at radius 1 is 1.22 bits per heavy atom. The van der Waals surface area contributed by atoms with Crippen LogP contribution in [-0.2, 0) is 4.79 Å². The first kappa shape index (κ1) is 16.0. The van der Waals surface area contributed by atoms with Crippen LogP contribution in [0.2, 0.25) is 0 Å². The van der Waals surface area contributed by atoms with E-state index >= 15 is 0 Å². The SMILES string of the molecule is O=C(C[NH+]1CCN(c2cccc[nH+]2)CC1)Nc1cccc(Br)c1. The van der Waals surface area contributed by atoms with Crippen molar-refractivity contribution >= 4 is 33.3 Å². The van der Waals surface area contributed by atoms with Crippen molar-refractivity contribution in [1.82, 2.24) is 0 Å². The standard InChI is InChI=1S/C17H19BrN4O/c18-14-4-3-5-15(12-14)20-17(23)13-21-8-10-22(11-9-21)16-6-1-2-7-19-16/h1-7,12H,8-11,13H2,(H,20,23)/p+2. The van der Waals surface area contributed by atoms with Gasteiger partial charge >= 0.3 is 0 Å². The smallest absolute Gasteiger partial charge is 0.279 e. The van der Waals surface area contributed by atoms with E-state index in [0.717, 1.165) is 42.2 Å². The molecule has 0 unspecified atom stereocenters. The second-order valence-electron chi connectivity index (χ2n) is 5.72. The molecule has 0 spiro atoms. The zero-order valence-corrected chi connectivity index (χ0v) is 14.5. The van der Waals surface area contributed by atoms with Gasteiger partial charge in [-0.05, 0) is 24.3 Å². The van der Waals surface area contributed by atoms with Crippen molar-refractivity contribution in [3.63, 3.8) is 0 Å². The molecule has 1 aliphatic heterocycles. The third kappa shape index (κ3) is 4.53. The predicted octanol–water partition coefficient (Wildman–Crippen LogP) is 0.607. The van der Waals surface area contributed by atoms with Crippen molar-refractivity contribution in [3.05, 3.63) is 53.1 Å². The van der Waals surface area contributed by atoms with E-state index in [4.69, 9.17) is 0 Å². The third-order valence-corrected chi connectivity index (χ3v) is 4.52. The van der Waals surface area contributed by atoms with Gasteiger partial charge in [-0.3, -0.25) is 9.69 Å². The van der Waals surface area contributed by atoms with Crippen LogP contribution in [0.25, 0.3) is 0 Å². The number of hydrogen-bond donors (Lipinski definition) is 2.